The first-order valence-corrected chi connectivity index (χ1v) is 8.65. The number of aliphatic hydroxyl groups is 2. The van der Waals surface area contributed by atoms with E-state index in [0.29, 0.717) is 25.1 Å². The third kappa shape index (κ3) is 2.49. The Bertz CT molecular complexity index is 841. The lowest BCUT2D eigenvalue weighted by Crippen LogP contribution is -2.49. The molecule has 0 saturated carbocycles. The normalized spacial score (nSPS) is 28.5. The largest absolute Gasteiger partial charge is 0.467 e. The second-order valence-electron chi connectivity index (χ2n) is 7.19. The molecular formula is C21H22NO3+. The minimum absolute atomic E-state index is 0.0626. The zero-order valence-electron chi connectivity index (χ0n) is 14.2. The lowest BCUT2D eigenvalue weighted by atomic mass is 9.99. The van der Waals surface area contributed by atoms with Crippen LogP contribution in [0.15, 0.2) is 60.5 Å². The topological polar surface area (TPSA) is 57.5 Å². The highest BCUT2D eigenvalue weighted by Gasteiger charge is 2.60. The number of rotatable bonds is 3. The van der Waals surface area contributed by atoms with Crippen LogP contribution in [0, 0.1) is 6.92 Å². The van der Waals surface area contributed by atoms with Gasteiger partial charge < -0.3 is 10.2 Å². The van der Waals surface area contributed by atoms with Crippen molar-refractivity contribution in [3.63, 3.8) is 0 Å². The van der Waals surface area contributed by atoms with Crippen molar-refractivity contribution >= 4 is 11.4 Å². The molecule has 0 amide bonds. The highest BCUT2D eigenvalue weighted by atomic mass is 16.3. The van der Waals surface area contributed by atoms with Gasteiger partial charge in [0.2, 0.25) is 5.78 Å². The van der Waals surface area contributed by atoms with Crippen molar-refractivity contribution in [2.45, 2.75) is 32.0 Å². The number of aryl methyl sites for hydroxylation is 1. The first-order valence-electron chi connectivity index (χ1n) is 8.65. The summed E-state index contributed by atoms with van der Waals surface area (Å²) in [6.45, 7) is 2.91. The summed E-state index contributed by atoms with van der Waals surface area (Å²) in [4.78, 5) is 13.0. The third-order valence-corrected chi connectivity index (χ3v) is 5.47. The molecule has 0 radical (unpaired) electrons. The number of quaternary nitrogens is 1. The average molecular weight is 336 g/mol. The maximum absolute atomic E-state index is 13.0. The van der Waals surface area contributed by atoms with E-state index in [0.717, 1.165) is 11.1 Å². The van der Waals surface area contributed by atoms with Gasteiger partial charge in [0.1, 0.15) is 24.8 Å². The van der Waals surface area contributed by atoms with Gasteiger partial charge >= 0.3 is 5.88 Å². The standard InChI is InChI=1S/C21H21NO3/c1-14-7-9-15(10-8-14)12-22-13-17(23)11-18(22)20(24)19(21(22)25)16-5-3-2-4-6-16/h2-10,17-18,23H,11-13H2,1H3/p+1/t17-,18-,22-/m1/s1. The van der Waals surface area contributed by atoms with Crippen molar-refractivity contribution < 1.29 is 19.5 Å². The molecule has 4 rings (SSSR count). The smallest absolute Gasteiger partial charge is 0.302 e. The molecule has 2 aromatic carbocycles. The highest BCUT2D eigenvalue weighted by molar-refractivity contribution is 6.24. The SMILES string of the molecule is Cc1ccc(C[N@@+]23C[C@H](O)C[C@@H]2C(=O)C(c2ccccc2)=C3O)cc1. The van der Waals surface area contributed by atoms with E-state index in [1.807, 2.05) is 61.5 Å². The first kappa shape index (κ1) is 16.1. The molecule has 1 saturated heterocycles. The minimum Gasteiger partial charge on any atom is -0.467 e. The molecule has 2 aromatic rings. The molecule has 3 atom stereocenters. The molecular weight excluding hydrogens is 314 g/mol. The van der Waals surface area contributed by atoms with Crippen LogP contribution in [0.4, 0.5) is 0 Å². The fourth-order valence-corrected chi connectivity index (χ4v) is 4.25. The Morgan fingerprint density at radius 1 is 1.08 bits per heavy atom. The van der Waals surface area contributed by atoms with E-state index in [-0.39, 0.29) is 16.1 Å². The molecule has 0 bridgehead atoms. The molecule has 4 heteroatoms. The second kappa shape index (κ2) is 5.83. The van der Waals surface area contributed by atoms with Crippen LogP contribution in [0.5, 0.6) is 0 Å². The number of aliphatic hydroxyl groups excluding tert-OH is 2. The van der Waals surface area contributed by atoms with Gasteiger partial charge in [-0.15, -0.1) is 0 Å². The number of ketones is 1. The lowest BCUT2D eigenvalue weighted by Gasteiger charge is -2.32. The van der Waals surface area contributed by atoms with Crippen molar-refractivity contribution in [2.75, 3.05) is 6.54 Å². The molecule has 0 aromatic heterocycles. The van der Waals surface area contributed by atoms with Gasteiger partial charge in [-0.25, -0.2) is 4.48 Å². The summed E-state index contributed by atoms with van der Waals surface area (Å²) in [5.41, 5.74) is 3.38. The number of fused-ring (bicyclic) bond motifs is 1. The van der Waals surface area contributed by atoms with Crippen molar-refractivity contribution in [1.82, 2.24) is 0 Å². The van der Waals surface area contributed by atoms with Crippen LogP contribution >= 0.6 is 0 Å². The van der Waals surface area contributed by atoms with E-state index in [9.17, 15) is 15.0 Å². The molecule has 0 spiro atoms. The van der Waals surface area contributed by atoms with Crippen molar-refractivity contribution in [1.29, 1.82) is 0 Å². The van der Waals surface area contributed by atoms with Crippen LogP contribution in [0.1, 0.15) is 23.1 Å². The summed E-state index contributed by atoms with van der Waals surface area (Å²) in [5.74, 6) is 0.0330. The summed E-state index contributed by atoms with van der Waals surface area (Å²) >= 11 is 0. The molecule has 128 valence electrons. The monoisotopic (exact) mass is 336 g/mol. The van der Waals surface area contributed by atoms with Crippen LogP contribution in [0.3, 0.4) is 0 Å². The van der Waals surface area contributed by atoms with Crippen molar-refractivity contribution in [3.8, 4) is 0 Å². The quantitative estimate of drug-likeness (QED) is 0.847. The Hall–Kier alpha value is -2.43. The lowest BCUT2D eigenvalue weighted by molar-refractivity contribution is -0.918. The van der Waals surface area contributed by atoms with Gasteiger partial charge in [-0.2, -0.15) is 0 Å². The molecule has 2 heterocycles. The predicted octanol–water partition coefficient (Wildman–Crippen LogP) is 2.95. The average Bonchev–Trinajstić information content (AvgIpc) is 3.03. The highest BCUT2D eigenvalue weighted by Crippen LogP contribution is 2.45. The van der Waals surface area contributed by atoms with E-state index < -0.39 is 12.1 Å². The summed E-state index contributed by atoms with van der Waals surface area (Å²) in [7, 11) is 0. The van der Waals surface area contributed by atoms with E-state index >= 15 is 0 Å². The van der Waals surface area contributed by atoms with Crippen LogP contribution in [0.25, 0.3) is 5.57 Å². The van der Waals surface area contributed by atoms with Crippen molar-refractivity contribution in [2.24, 2.45) is 0 Å². The Labute approximate surface area is 147 Å². The van der Waals surface area contributed by atoms with Crippen LogP contribution in [-0.2, 0) is 11.3 Å². The number of Topliss-reactive ketones (excluding diaryl/α,β-unsaturated/α-hetero) is 1. The summed E-state index contributed by atoms with van der Waals surface area (Å²) in [6, 6.07) is 17.0. The fraction of sp³-hybridized carbons (Fsp3) is 0.286. The maximum Gasteiger partial charge on any atom is 0.302 e. The molecule has 0 aliphatic carbocycles. The Morgan fingerprint density at radius 3 is 2.44 bits per heavy atom. The zero-order valence-corrected chi connectivity index (χ0v) is 14.2. The van der Waals surface area contributed by atoms with Crippen LogP contribution < -0.4 is 0 Å². The van der Waals surface area contributed by atoms with Gasteiger partial charge in [0, 0.05) is 12.0 Å². The minimum atomic E-state index is -0.570. The second-order valence-corrected chi connectivity index (χ2v) is 7.19. The number of hydrogen-bond donors (Lipinski definition) is 2. The Kier molecular flexibility index (Phi) is 3.74. The van der Waals surface area contributed by atoms with Crippen LogP contribution in [0.2, 0.25) is 0 Å². The third-order valence-electron chi connectivity index (χ3n) is 5.47. The predicted molar refractivity (Wildman–Crippen MR) is 95.4 cm³/mol. The molecule has 1 fully saturated rings. The molecule has 2 N–H and O–H groups in total. The molecule has 4 nitrogen and oxygen atoms in total. The summed E-state index contributed by atoms with van der Waals surface area (Å²) < 4.78 is 0.132. The number of nitrogens with zero attached hydrogens (tertiary/aromatic N) is 1. The van der Waals surface area contributed by atoms with Gasteiger partial charge in [-0.1, -0.05) is 60.2 Å². The van der Waals surface area contributed by atoms with E-state index in [1.165, 1.54) is 5.56 Å². The fourth-order valence-electron chi connectivity index (χ4n) is 4.25. The maximum atomic E-state index is 13.0. The number of carbonyl (C=O) groups is 1. The van der Waals surface area contributed by atoms with Crippen molar-refractivity contribution in [3.05, 3.63) is 77.2 Å². The molecule has 0 unspecified atom stereocenters. The Morgan fingerprint density at radius 2 is 1.76 bits per heavy atom. The number of carbonyl (C=O) groups excluding carboxylic acids is 1. The summed E-state index contributed by atoms with van der Waals surface area (Å²) in [5, 5.41) is 21.3. The van der Waals surface area contributed by atoms with Gasteiger partial charge in [0.25, 0.3) is 0 Å². The molecule has 2 aliphatic rings. The van der Waals surface area contributed by atoms with Gasteiger partial charge in [0.15, 0.2) is 6.04 Å². The van der Waals surface area contributed by atoms with Gasteiger partial charge in [-0.05, 0) is 12.5 Å². The molecule has 2 aliphatic heterocycles. The summed E-state index contributed by atoms with van der Waals surface area (Å²) in [6.07, 6.45) is -0.177. The van der Waals surface area contributed by atoms with E-state index in [1.54, 1.807) is 0 Å². The van der Waals surface area contributed by atoms with Gasteiger partial charge in [0.05, 0.1) is 0 Å². The molecule has 25 heavy (non-hydrogen) atoms. The van der Waals surface area contributed by atoms with Gasteiger partial charge in [-0.3, -0.25) is 4.79 Å². The Balaban J connectivity index is 1.81. The first-order chi connectivity index (χ1) is 12.0. The number of benzene rings is 2. The van der Waals surface area contributed by atoms with Crippen LogP contribution in [-0.4, -0.2) is 39.2 Å². The van der Waals surface area contributed by atoms with E-state index in [2.05, 4.69) is 0 Å². The van der Waals surface area contributed by atoms with E-state index in [4.69, 9.17) is 0 Å². The number of hydrogen-bond acceptors (Lipinski definition) is 3. The zero-order chi connectivity index (χ0) is 17.6.